The van der Waals surface area contributed by atoms with E-state index in [1.54, 1.807) is 24.3 Å². The third-order valence-corrected chi connectivity index (χ3v) is 4.54. The highest BCUT2D eigenvalue weighted by Gasteiger charge is 2.13. The Balaban J connectivity index is 2.04. The minimum absolute atomic E-state index is 0.155. The lowest BCUT2D eigenvalue weighted by Crippen LogP contribution is -2.33. The number of amides is 1. The quantitative estimate of drug-likeness (QED) is 0.797. The Morgan fingerprint density at radius 3 is 2.09 bits per heavy atom. The van der Waals surface area contributed by atoms with E-state index in [1.807, 2.05) is 30.3 Å². The summed E-state index contributed by atoms with van der Waals surface area (Å²) in [4.78, 5) is 10.9. The molecule has 22 heavy (non-hydrogen) atoms. The topological polar surface area (TPSA) is 75.3 Å². The van der Waals surface area contributed by atoms with Crippen LogP contribution in [-0.4, -0.2) is 27.4 Å². The largest absolute Gasteiger partial charge is 0.355 e. The van der Waals surface area contributed by atoms with E-state index in [-0.39, 0.29) is 23.9 Å². The van der Waals surface area contributed by atoms with Gasteiger partial charge in [-0.1, -0.05) is 42.5 Å². The molecule has 0 aromatic heterocycles. The van der Waals surface area contributed by atoms with E-state index in [9.17, 15) is 13.2 Å². The van der Waals surface area contributed by atoms with Gasteiger partial charge in [0.1, 0.15) is 0 Å². The lowest BCUT2D eigenvalue weighted by Gasteiger charge is -2.08. The predicted molar refractivity (Wildman–Crippen MR) is 85.8 cm³/mol. The van der Waals surface area contributed by atoms with Crippen molar-refractivity contribution >= 4 is 15.9 Å². The average Bonchev–Trinajstić information content (AvgIpc) is 2.52. The van der Waals surface area contributed by atoms with Crippen LogP contribution in [0.2, 0.25) is 0 Å². The van der Waals surface area contributed by atoms with Gasteiger partial charge in [-0.2, -0.15) is 0 Å². The SMILES string of the molecule is CC(=O)NCCNS(=O)(=O)c1ccc(-c2ccccc2)cc1. The molecule has 2 aromatic carbocycles. The minimum atomic E-state index is -3.56. The van der Waals surface area contributed by atoms with Crippen LogP contribution in [0.15, 0.2) is 59.5 Å². The molecule has 2 rings (SSSR count). The monoisotopic (exact) mass is 318 g/mol. The number of benzene rings is 2. The number of carbonyl (C=O) groups excluding carboxylic acids is 1. The first-order chi connectivity index (χ1) is 10.5. The van der Waals surface area contributed by atoms with Gasteiger partial charge < -0.3 is 5.32 Å². The van der Waals surface area contributed by atoms with Gasteiger partial charge in [-0.3, -0.25) is 4.79 Å². The van der Waals surface area contributed by atoms with E-state index in [1.165, 1.54) is 6.92 Å². The van der Waals surface area contributed by atoms with E-state index >= 15 is 0 Å². The Labute approximate surface area is 130 Å². The van der Waals surface area contributed by atoms with Crippen molar-refractivity contribution in [3.63, 3.8) is 0 Å². The summed E-state index contributed by atoms with van der Waals surface area (Å²) >= 11 is 0. The molecule has 1 amide bonds. The van der Waals surface area contributed by atoms with Crippen molar-refractivity contribution in [2.75, 3.05) is 13.1 Å². The molecule has 0 aliphatic heterocycles. The maximum absolute atomic E-state index is 12.1. The summed E-state index contributed by atoms with van der Waals surface area (Å²) in [5, 5.41) is 2.53. The lowest BCUT2D eigenvalue weighted by atomic mass is 10.1. The first-order valence-electron chi connectivity index (χ1n) is 6.88. The Morgan fingerprint density at radius 1 is 0.909 bits per heavy atom. The van der Waals surface area contributed by atoms with Crippen molar-refractivity contribution < 1.29 is 13.2 Å². The molecule has 0 atom stereocenters. The van der Waals surface area contributed by atoms with Crippen molar-refractivity contribution in [2.45, 2.75) is 11.8 Å². The third kappa shape index (κ3) is 4.41. The molecule has 0 bridgehead atoms. The Hall–Kier alpha value is -2.18. The number of sulfonamides is 1. The summed E-state index contributed by atoms with van der Waals surface area (Å²) in [5.74, 6) is -0.189. The van der Waals surface area contributed by atoms with E-state index in [0.717, 1.165) is 11.1 Å². The van der Waals surface area contributed by atoms with E-state index in [2.05, 4.69) is 10.0 Å². The molecule has 116 valence electrons. The van der Waals surface area contributed by atoms with Crippen molar-refractivity contribution in [3.05, 3.63) is 54.6 Å². The summed E-state index contributed by atoms with van der Waals surface area (Å²) in [7, 11) is -3.56. The molecule has 0 heterocycles. The van der Waals surface area contributed by atoms with Crippen LogP contribution in [0.4, 0.5) is 0 Å². The van der Waals surface area contributed by atoms with Crippen LogP contribution in [0.3, 0.4) is 0 Å². The summed E-state index contributed by atoms with van der Waals surface area (Å²) in [5.41, 5.74) is 1.99. The summed E-state index contributed by atoms with van der Waals surface area (Å²) in [6, 6.07) is 16.4. The van der Waals surface area contributed by atoms with Crippen LogP contribution in [0.25, 0.3) is 11.1 Å². The molecule has 0 fully saturated rings. The summed E-state index contributed by atoms with van der Waals surface area (Å²) < 4.78 is 26.6. The fourth-order valence-electron chi connectivity index (χ4n) is 1.96. The second kappa shape index (κ2) is 7.20. The molecule has 0 aliphatic carbocycles. The Kier molecular flexibility index (Phi) is 5.30. The molecule has 5 nitrogen and oxygen atoms in total. The number of rotatable bonds is 6. The molecule has 0 unspecified atom stereocenters. The van der Waals surface area contributed by atoms with Crippen LogP contribution in [0.5, 0.6) is 0 Å². The molecule has 2 N–H and O–H groups in total. The van der Waals surface area contributed by atoms with Crippen LogP contribution >= 0.6 is 0 Å². The first-order valence-corrected chi connectivity index (χ1v) is 8.37. The van der Waals surface area contributed by atoms with Gasteiger partial charge in [0.05, 0.1) is 4.90 Å². The molecule has 6 heteroatoms. The zero-order valence-electron chi connectivity index (χ0n) is 12.2. The number of carbonyl (C=O) groups is 1. The number of hydrogen-bond donors (Lipinski definition) is 2. The highest BCUT2D eigenvalue weighted by molar-refractivity contribution is 7.89. The van der Waals surface area contributed by atoms with Gasteiger partial charge in [0.15, 0.2) is 0 Å². The normalized spacial score (nSPS) is 11.1. The van der Waals surface area contributed by atoms with E-state index in [0.29, 0.717) is 0 Å². The smallest absolute Gasteiger partial charge is 0.240 e. The van der Waals surface area contributed by atoms with E-state index < -0.39 is 10.0 Å². The third-order valence-electron chi connectivity index (χ3n) is 3.06. The Morgan fingerprint density at radius 2 is 1.50 bits per heavy atom. The molecule has 0 saturated heterocycles. The molecule has 0 saturated carbocycles. The molecule has 0 spiro atoms. The fourth-order valence-corrected chi connectivity index (χ4v) is 3.00. The Bertz CT molecular complexity index is 726. The molecule has 2 aromatic rings. The molecular formula is C16H18N2O3S. The molecule has 0 radical (unpaired) electrons. The highest BCUT2D eigenvalue weighted by Crippen LogP contribution is 2.20. The van der Waals surface area contributed by atoms with Crippen LogP contribution in [0.1, 0.15) is 6.92 Å². The van der Waals surface area contributed by atoms with E-state index in [4.69, 9.17) is 0 Å². The van der Waals surface area contributed by atoms with Crippen molar-refractivity contribution in [3.8, 4) is 11.1 Å². The van der Waals surface area contributed by atoms with Gasteiger partial charge in [0, 0.05) is 20.0 Å². The van der Waals surface area contributed by atoms with Crippen molar-refractivity contribution in [1.82, 2.24) is 10.0 Å². The van der Waals surface area contributed by atoms with Gasteiger partial charge in [0.25, 0.3) is 0 Å². The molecular weight excluding hydrogens is 300 g/mol. The zero-order chi connectivity index (χ0) is 16.0. The van der Waals surface area contributed by atoms with Gasteiger partial charge in [-0.15, -0.1) is 0 Å². The second-order valence-corrected chi connectivity index (χ2v) is 6.54. The highest BCUT2D eigenvalue weighted by atomic mass is 32.2. The maximum Gasteiger partial charge on any atom is 0.240 e. The summed E-state index contributed by atoms with van der Waals surface area (Å²) in [6.07, 6.45) is 0. The fraction of sp³-hybridized carbons (Fsp3) is 0.188. The van der Waals surface area contributed by atoms with Crippen molar-refractivity contribution in [2.24, 2.45) is 0 Å². The minimum Gasteiger partial charge on any atom is -0.355 e. The van der Waals surface area contributed by atoms with Crippen molar-refractivity contribution in [1.29, 1.82) is 0 Å². The zero-order valence-corrected chi connectivity index (χ0v) is 13.1. The van der Waals surface area contributed by atoms with Crippen LogP contribution in [-0.2, 0) is 14.8 Å². The molecule has 0 aliphatic rings. The van der Waals surface area contributed by atoms with Crippen LogP contribution in [0, 0.1) is 0 Å². The standard InChI is InChI=1S/C16H18N2O3S/c1-13(19)17-11-12-18-22(20,21)16-9-7-15(8-10-16)14-5-3-2-4-6-14/h2-10,18H,11-12H2,1H3,(H,17,19). The van der Waals surface area contributed by atoms with Gasteiger partial charge >= 0.3 is 0 Å². The average molecular weight is 318 g/mol. The van der Waals surface area contributed by atoms with Gasteiger partial charge in [-0.25, -0.2) is 13.1 Å². The van der Waals surface area contributed by atoms with Crippen LogP contribution < -0.4 is 10.0 Å². The maximum atomic E-state index is 12.1. The van der Waals surface area contributed by atoms with Gasteiger partial charge in [0.2, 0.25) is 15.9 Å². The lowest BCUT2D eigenvalue weighted by molar-refractivity contribution is -0.118. The van der Waals surface area contributed by atoms with Gasteiger partial charge in [-0.05, 0) is 23.3 Å². The summed E-state index contributed by atoms with van der Waals surface area (Å²) in [6.45, 7) is 1.80. The first kappa shape index (κ1) is 16.2. The number of hydrogen-bond acceptors (Lipinski definition) is 3. The second-order valence-electron chi connectivity index (χ2n) is 4.77. The number of nitrogens with one attached hydrogen (secondary N) is 2. The predicted octanol–water partition coefficient (Wildman–Crippen LogP) is 1.77.